The molecule has 10 nitrogen and oxygen atoms in total. The van der Waals surface area contributed by atoms with Crippen molar-refractivity contribution in [3.63, 3.8) is 0 Å². The predicted molar refractivity (Wildman–Crippen MR) is 133 cm³/mol. The number of guanidine groups is 1. The summed E-state index contributed by atoms with van der Waals surface area (Å²) < 4.78 is 6.64. The SMILES string of the molecule is CCNC(=O)NC1=NCc2cc(-c3cc(C)n(Cc4ccccn4)c(=O)c3)cc(C(=O)OC)c2N1. The molecule has 1 aliphatic heterocycles. The zero-order valence-corrected chi connectivity index (χ0v) is 19.7. The van der Waals surface area contributed by atoms with E-state index in [0.717, 1.165) is 17.0 Å². The third kappa shape index (κ3) is 5.21. The van der Waals surface area contributed by atoms with Gasteiger partial charge in [0, 0.05) is 24.5 Å². The van der Waals surface area contributed by atoms with Gasteiger partial charge in [-0.3, -0.25) is 15.1 Å². The van der Waals surface area contributed by atoms with Gasteiger partial charge >= 0.3 is 12.0 Å². The van der Waals surface area contributed by atoms with Crippen LogP contribution in [0.4, 0.5) is 10.5 Å². The Morgan fingerprint density at radius 2 is 1.97 bits per heavy atom. The Morgan fingerprint density at radius 3 is 2.66 bits per heavy atom. The quantitative estimate of drug-likeness (QED) is 0.488. The van der Waals surface area contributed by atoms with Crippen molar-refractivity contribution in [2.75, 3.05) is 19.0 Å². The summed E-state index contributed by atoms with van der Waals surface area (Å²) in [5.74, 6) is -0.315. The van der Waals surface area contributed by atoms with E-state index in [4.69, 9.17) is 4.74 Å². The number of benzene rings is 1. The number of aliphatic imine (C=N–C) groups is 1. The van der Waals surface area contributed by atoms with Crippen LogP contribution in [0.15, 0.2) is 58.4 Å². The second kappa shape index (κ2) is 10.2. The van der Waals surface area contributed by atoms with Crippen molar-refractivity contribution in [3.05, 3.63) is 81.5 Å². The lowest BCUT2D eigenvalue weighted by atomic mass is 9.97. The standard InChI is InChI=1S/C25H26N6O4/c1-4-26-25(34)30-24-28-13-18-10-17(11-20(22(18)29-24)23(33)35-3)16-9-15(2)31(21(32)12-16)14-19-7-5-6-8-27-19/h5-12H,4,13-14H2,1-3H3,(H3,26,28,29,30,34). The van der Waals surface area contributed by atoms with Gasteiger partial charge in [-0.05, 0) is 60.9 Å². The normalized spacial score (nSPS) is 12.1. The molecule has 0 bridgehead atoms. The first kappa shape index (κ1) is 23.7. The van der Waals surface area contributed by atoms with Crippen molar-refractivity contribution in [1.29, 1.82) is 0 Å². The Balaban J connectivity index is 1.69. The number of hydrogen-bond acceptors (Lipinski definition) is 7. The zero-order valence-electron chi connectivity index (χ0n) is 19.7. The summed E-state index contributed by atoms with van der Waals surface area (Å²) in [6.45, 7) is 4.73. The molecule has 10 heteroatoms. The maximum absolute atomic E-state index is 13.0. The van der Waals surface area contributed by atoms with Crippen LogP contribution >= 0.6 is 0 Å². The number of carbonyl (C=O) groups is 2. The molecule has 35 heavy (non-hydrogen) atoms. The fourth-order valence-electron chi connectivity index (χ4n) is 3.87. The Labute approximate surface area is 202 Å². The number of urea groups is 1. The first-order chi connectivity index (χ1) is 16.9. The van der Waals surface area contributed by atoms with Crippen LogP contribution in [0.3, 0.4) is 0 Å². The van der Waals surface area contributed by atoms with E-state index in [0.29, 0.717) is 29.9 Å². The molecule has 0 fully saturated rings. The minimum atomic E-state index is -0.546. The minimum Gasteiger partial charge on any atom is -0.465 e. The second-order valence-electron chi connectivity index (χ2n) is 7.95. The Bertz CT molecular complexity index is 1360. The van der Waals surface area contributed by atoms with Crippen LogP contribution in [0.1, 0.15) is 34.2 Å². The average molecular weight is 475 g/mol. The number of aromatic nitrogens is 2. The number of anilines is 1. The van der Waals surface area contributed by atoms with Crippen LogP contribution in [0.2, 0.25) is 0 Å². The Kier molecular flexibility index (Phi) is 6.91. The molecular weight excluding hydrogens is 448 g/mol. The van der Waals surface area contributed by atoms with E-state index in [1.807, 2.05) is 37.3 Å². The summed E-state index contributed by atoms with van der Waals surface area (Å²) >= 11 is 0. The topological polar surface area (TPSA) is 127 Å². The summed E-state index contributed by atoms with van der Waals surface area (Å²) in [5, 5.41) is 8.26. The van der Waals surface area contributed by atoms with Crippen molar-refractivity contribution >= 4 is 23.6 Å². The molecular formula is C25H26N6O4. The number of pyridine rings is 2. The third-order valence-electron chi connectivity index (χ3n) is 5.56. The van der Waals surface area contributed by atoms with E-state index in [2.05, 4.69) is 25.9 Å². The number of ether oxygens (including phenoxy) is 1. The number of methoxy groups -OCH3 is 1. The van der Waals surface area contributed by atoms with E-state index in [1.54, 1.807) is 29.8 Å². The molecule has 0 saturated heterocycles. The maximum atomic E-state index is 13.0. The first-order valence-corrected chi connectivity index (χ1v) is 11.1. The molecule has 0 aliphatic carbocycles. The van der Waals surface area contributed by atoms with Crippen LogP contribution in [-0.2, 0) is 17.8 Å². The van der Waals surface area contributed by atoms with Gasteiger partial charge in [0.2, 0.25) is 5.96 Å². The molecule has 2 amide bonds. The summed E-state index contributed by atoms with van der Waals surface area (Å²) in [6, 6.07) is 12.2. The fraction of sp³-hybridized carbons (Fsp3) is 0.240. The van der Waals surface area contributed by atoms with Gasteiger partial charge in [-0.25, -0.2) is 14.6 Å². The van der Waals surface area contributed by atoms with Gasteiger partial charge in [-0.2, -0.15) is 0 Å². The molecule has 1 aliphatic rings. The second-order valence-corrected chi connectivity index (χ2v) is 7.95. The van der Waals surface area contributed by atoms with E-state index in [-0.39, 0.29) is 23.6 Å². The highest BCUT2D eigenvalue weighted by atomic mass is 16.5. The average Bonchev–Trinajstić information content (AvgIpc) is 2.85. The molecule has 0 atom stereocenters. The van der Waals surface area contributed by atoms with Gasteiger partial charge in [0.15, 0.2) is 0 Å². The molecule has 2 aromatic heterocycles. The molecule has 0 unspecified atom stereocenters. The molecule has 1 aromatic carbocycles. The van der Waals surface area contributed by atoms with E-state index >= 15 is 0 Å². The van der Waals surface area contributed by atoms with Gasteiger partial charge in [-0.1, -0.05) is 6.07 Å². The van der Waals surface area contributed by atoms with Crippen LogP contribution < -0.4 is 21.5 Å². The summed E-state index contributed by atoms with van der Waals surface area (Å²) in [6.07, 6.45) is 1.69. The molecule has 0 saturated carbocycles. The van der Waals surface area contributed by atoms with Gasteiger partial charge in [0.25, 0.3) is 5.56 Å². The summed E-state index contributed by atoms with van der Waals surface area (Å²) in [5.41, 5.74) is 4.25. The molecule has 3 aromatic rings. The number of nitrogens with one attached hydrogen (secondary N) is 3. The number of esters is 1. The molecule has 3 N–H and O–H groups in total. The van der Waals surface area contributed by atoms with Crippen LogP contribution in [-0.4, -0.2) is 41.2 Å². The highest BCUT2D eigenvalue weighted by Gasteiger charge is 2.23. The number of carbonyl (C=O) groups excluding carboxylic acids is 2. The lowest BCUT2D eigenvalue weighted by molar-refractivity contribution is 0.0602. The van der Waals surface area contributed by atoms with Crippen molar-refractivity contribution in [2.24, 2.45) is 4.99 Å². The highest BCUT2D eigenvalue weighted by molar-refractivity contribution is 6.09. The van der Waals surface area contributed by atoms with Gasteiger partial charge in [0.1, 0.15) is 0 Å². The number of hydrogen-bond donors (Lipinski definition) is 3. The zero-order chi connectivity index (χ0) is 24.9. The highest BCUT2D eigenvalue weighted by Crippen LogP contribution is 2.32. The molecule has 0 radical (unpaired) electrons. The van der Waals surface area contributed by atoms with Crippen LogP contribution in [0.25, 0.3) is 11.1 Å². The van der Waals surface area contributed by atoms with Crippen molar-refractivity contribution in [1.82, 2.24) is 20.2 Å². The molecule has 180 valence electrons. The van der Waals surface area contributed by atoms with Gasteiger partial charge in [-0.15, -0.1) is 0 Å². The monoisotopic (exact) mass is 474 g/mol. The van der Waals surface area contributed by atoms with E-state index in [1.165, 1.54) is 7.11 Å². The Hall–Kier alpha value is -4.47. The van der Waals surface area contributed by atoms with Gasteiger partial charge < -0.3 is 19.9 Å². The third-order valence-corrected chi connectivity index (χ3v) is 5.56. The lowest BCUT2D eigenvalue weighted by Crippen LogP contribution is -2.43. The number of rotatable bonds is 5. The van der Waals surface area contributed by atoms with Crippen molar-refractivity contribution < 1.29 is 14.3 Å². The number of nitrogens with zero attached hydrogens (tertiary/aromatic N) is 3. The van der Waals surface area contributed by atoms with Crippen molar-refractivity contribution in [2.45, 2.75) is 26.9 Å². The Morgan fingerprint density at radius 1 is 1.17 bits per heavy atom. The van der Waals surface area contributed by atoms with Crippen molar-refractivity contribution in [3.8, 4) is 11.1 Å². The van der Waals surface area contributed by atoms with Crippen LogP contribution in [0.5, 0.6) is 0 Å². The molecule has 4 rings (SSSR count). The predicted octanol–water partition coefficient (Wildman–Crippen LogP) is 2.65. The molecule has 0 spiro atoms. The number of amides is 2. The number of fused-ring (bicyclic) bond motifs is 1. The maximum Gasteiger partial charge on any atom is 0.340 e. The van der Waals surface area contributed by atoms with Gasteiger partial charge in [0.05, 0.1) is 37.1 Å². The summed E-state index contributed by atoms with van der Waals surface area (Å²) in [7, 11) is 1.30. The fourth-order valence-corrected chi connectivity index (χ4v) is 3.87. The minimum absolute atomic E-state index is 0.174. The summed E-state index contributed by atoms with van der Waals surface area (Å²) in [4.78, 5) is 46.1. The van der Waals surface area contributed by atoms with E-state index < -0.39 is 12.0 Å². The number of aryl methyl sites for hydroxylation is 1. The smallest absolute Gasteiger partial charge is 0.340 e. The first-order valence-electron chi connectivity index (χ1n) is 11.1. The van der Waals surface area contributed by atoms with E-state index in [9.17, 15) is 14.4 Å². The van der Waals surface area contributed by atoms with Crippen LogP contribution in [0, 0.1) is 6.92 Å². The largest absolute Gasteiger partial charge is 0.465 e. The molecule has 3 heterocycles. The lowest BCUT2D eigenvalue weighted by Gasteiger charge is -2.22.